The molecule has 1 aliphatic rings. The summed E-state index contributed by atoms with van der Waals surface area (Å²) in [4.78, 5) is 2.43. The number of aromatic nitrogens is 4. The Morgan fingerprint density at radius 2 is 1.94 bits per heavy atom. The van der Waals surface area contributed by atoms with E-state index in [1.807, 2.05) is 29.6 Å². The number of likely N-dealkylation sites (tertiary alicyclic amines) is 1. The Morgan fingerprint density at radius 1 is 1.10 bits per heavy atom. The minimum atomic E-state index is 0.332. The van der Waals surface area contributed by atoms with Crippen molar-refractivity contribution < 1.29 is 9.47 Å². The SMILES string of the molecule is COc1cc(CN2CCC(Nc3ccc4nnc(-c5ccsc5)n4n3)C2)cc(OC)c1. The molecule has 1 atom stereocenters. The number of thiophene rings is 1. The van der Waals surface area contributed by atoms with Crippen LogP contribution in [0, 0.1) is 0 Å². The van der Waals surface area contributed by atoms with Crippen LogP contribution in [0.15, 0.2) is 47.2 Å². The predicted molar refractivity (Wildman–Crippen MR) is 121 cm³/mol. The van der Waals surface area contributed by atoms with Crippen LogP contribution < -0.4 is 14.8 Å². The standard InChI is InChI=1S/C22H24N6O2S/c1-29-18-9-15(10-19(11-18)30-2)12-27-7-5-17(13-27)23-20-3-4-21-24-25-22(28(21)26-20)16-6-8-31-14-16/h3-4,6,8-11,14,17H,5,7,12-13H2,1-2H3,(H,23,26). The average Bonchev–Trinajstić information content (AvgIpc) is 3.54. The van der Waals surface area contributed by atoms with Gasteiger partial charge in [-0.2, -0.15) is 15.9 Å². The number of fused-ring (bicyclic) bond motifs is 1. The molecule has 31 heavy (non-hydrogen) atoms. The number of rotatable bonds is 7. The average molecular weight is 437 g/mol. The van der Waals surface area contributed by atoms with Gasteiger partial charge in [0.15, 0.2) is 11.5 Å². The van der Waals surface area contributed by atoms with Crippen molar-refractivity contribution in [1.29, 1.82) is 0 Å². The van der Waals surface area contributed by atoms with Gasteiger partial charge in [0.2, 0.25) is 0 Å². The van der Waals surface area contributed by atoms with Gasteiger partial charge in [0.25, 0.3) is 0 Å². The van der Waals surface area contributed by atoms with E-state index in [9.17, 15) is 0 Å². The highest BCUT2D eigenvalue weighted by atomic mass is 32.1. The molecule has 0 spiro atoms. The molecule has 3 aromatic heterocycles. The highest BCUT2D eigenvalue weighted by Gasteiger charge is 2.23. The lowest BCUT2D eigenvalue weighted by Gasteiger charge is -2.18. The van der Waals surface area contributed by atoms with E-state index >= 15 is 0 Å². The van der Waals surface area contributed by atoms with E-state index in [4.69, 9.17) is 14.6 Å². The lowest BCUT2D eigenvalue weighted by molar-refractivity contribution is 0.326. The van der Waals surface area contributed by atoms with Gasteiger partial charge < -0.3 is 14.8 Å². The number of hydrogen-bond acceptors (Lipinski definition) is 8. The fourth-order valence-corrected chi connectivity index (χ4v) is 4.59. The zero-order valence-corrected chi connectivity index (χ0v) is 18.3. The molecular weight excluding hydrogens is 412 g/mol. The van der Waals surface area contributed by atoms with Crippen LogP contribution in [0.1, 0.15) is 12.0 Å². The van der Waals surface area contributed by atoms with Crippen LogP contribution in [0.25, 0.3) is 17.0 Å². The maximum Gasteiger partial charge on any atom is 0.186 e. The van der Waals surface area contributed by atoms with E-state index in [0.29, 0.717) is 6.04 Å². The van der Waals surface area contributed by atoms with Crippen molar-refractivity contribution >= 4 is 22.8 Å². The molecule has 1 fully saturated rings. The van der Waals surface area contributed by atoms with Crippen molar-refractivity contribution in [3.05, 3.63) is 52.7 Å². The summed E-state index contributed by atoms with van der Waals surface area (Å²) >= 11 is 1.64. The smallest absolute Gasteiger partial charge is 0.186 e. The number of ether oxygens (including phenoxy) is 2. The van der Waals surface area contributed by atoms with Crippen LogP contribution in [0.2, 0.25) is 0 Å². The van der Waals surface area contributed by atoms with Gasteiger partial charge in [-0.3, -0.25) is 4.90 Å². The first-order chi connectivity index (χ1) is 15.2. The predicted octanol–water partition coefficient (Wildman–Crippen LogP) is 3.56. The lowest BCUT2D eigenvalue weighted by atomic mass is 10.2. The molecule has 0 radical (unpaired) electrons. The summed E-state index contributed by atoms with van der Waals surface area (Å²) < 4.78 is 12.6. The number of methoxy groups -OCH3 is 2. The van der Waals surface area contributed by atoms with E-state index in [-0.39, 0.29) is 0 Å². The lowest BCUT2D eigenvalue weighted by Crippen LogP contribution is -2.26. The third-order valence-electron chi connectivity index (χ3n) is 5.48. The van der Waals surface area contributed by atoms with E-state index in [0.717, 1.165) is 60.4 Å². The van der Waals surface area contributed by atoms with Crippen molar-refractivity contribution in [2.45, 2.75) is 19.0 Å². The van der Waals surface area contributed by atoms with Crippen LogP contribution in [-0.2, 0) is 6.54 Å². The van der Waals surface area contributed by atoms with E-state index in [1.54, 1.807) is 30.1 Å². The molecule has 160 valence electrons. The highest BCUT2D eigenvalue weighted by molar-refractivity contribution is 7.08. The molecule has 1 aromatic carbocycles. The molecule has 1 aliphatic heterocycles. The van der Waals surface area contributed by atoms with Crippen LogP contribution in [-0.4, -0.2) is 58.1 Å². The second-order valence-corrected chi connectivity index (χ2v) is 8.39. The van der Waals surface area contributed by atoms with Crippen LogP contribution in [0.5, 0.6) is 11.5 Å². The van der Waals surface area contributed by atoms with Crippen molar-refractivity contribution in [3.8, 4) is 22.9 Å². The Balaban J connectivity index is 1.27. The van der Waals surface area contributed by atoms with Gasteiger partial charge >= 0.3 is 0 Å². The number of benzene rings is 1. The second-order valence-electron chi connectivity index (χ2n) is 7.61. The maximum absolute atomic E-state index is 5.40. The van der Waals surface area contributed by atoms with Crippen molar-refractivity contribution in [2.75, 3.05) is 32.6 Å². The maximum atomic E-state index is 5.40. The summed E-state index contributed by atoms with van der Waals surface area (Å²) in [5.74, 6) is 3.23. The Kier molecular flexibility index (Phi) is 5.44. The molecule has 4 aromatic rings. The van der Waals surface area contributed by atoms with E-state index < -0.39 is 0 Å². The van der Waals surface area contributed by atoms with Gasteiger partial charge in [-0.15, -0.1) is 15.3 Å². The number of hydrogen-bond donors (Lipinski definition) is 1. The van der Waals surface area contributed by atoms with Crippen molar-refractivity contribution in [1.82, 2.24) is 24.7 Å². The molecule has 1 N–H and O–H groups in total. The normalized spacial score (nSPS) is 16.6. The minimum absolute atomic E-state index is 0.332. The van der Waals surface area contributed by atoms with E-state index in [2.05, 4.69) is 37.9 Å². The molecule has 0 bridgehead atoms. The van der Waals surface area contributed by atoms with Gasteiger partial charge in [-0.05, 0) is 47.7 Å². The zero-order chi connectivity index (χ0) is 21.2. The van der Waals surface area contributed by atoms with Crippen LogP contribution in [0.3, 0.4) is 0 Å². The largest absolute Gasteiger partial charge is 0.497 e. The summed E-state index contributed by atoms with van der Waals surface area (Å²) in [5, 5.41) is 20.9. The van der Waals surface area contributed by atoms with Gasteiger partial charge in [-0.25, -0.2) is 0 Å². The van der Waals surface area contributed by atoms with Crippen LogP contribution >= 0.6 is 11.3 Å². The number of anilines is 1. The van der Waals surface area contributed by atoms with Crippen LogP contribution in [0.4, 0.5) is 5.82 Å². The van der Waals surface area contributed by atoms with Gasteiger partial charge in [-0.1, -0.05) is 0 Å². The summed E-state index contributed by atoms with van der Waals surface area (Å²) in [5.41, 5.74) is 2.95. The first kappa shape index (κ1) is 19.8. The third-order valence-corrected chi connectivity index (χ3v) is 6.17. The highest BCUT2D eigenvalue weighted by Crippen LogP contribution is 2.25. The third kappa shape index (κ3) is 4.19. The van der Waals surface area contributed by atoms with Gasteiger partial charge in [0.05, 0.1) is 14.2 Å². The molecule has 0 amide bonds. The molecule has 5 rings (SSSR count). The summed E-state index contributed by atoms with van der Waals surface area (Å²) in [6.07, 6.45) is 1.06. The summed E-state index contributed by atoms with van der Waals surface area (Å²) in [7, 11) is 3.36. The van der Waals surface area contributed by atoms with Crippen molar-refractivity contribution in [3.63, 3.8) is 0 Å². The molecule has 4 heterocycles. The quantitative estimate of drug-likeness (QED) is 0.475. The first-order valence-electron chi connectivity index (χ1n) is 10.2. The molecule has 8 nitrogen and oxygen atoms in total. The molecule has 1 saturated heterocycles. The first-order valence-corrected chi connectivity index (χ1v) is 11.1. The summed E-state index contributed by atoms with van der Waals surface area (Å²) in [6, 6.07) is 12.3. The Bertz CT molecular complexity index is 1150. The fourth-order valence-electron chi connectivity index (χ4n) is 3.96. The minimum Gasteiger partial charge on any atom is -0.497 e. The molecule has 0 aliphatic carbocycles. The topological polar surface area (TPSA) is 76.8 Å². The zero-order valence-electron chi connectivity index (χ0n) is 17.5. The van der Waals surface area contributed by atoms with E-state index in [1.165, 1.54) is 5.56 Å². The van der Waals surface area contributed by atoms with Gasteiger partial charge in [0.1, 0.15) is 17.3 Å². The van der Waals surface area contributed by atoms with Gasteiger partial charge in [0, 0.05) is 42.7 Å². The monoisotopic (exact) mass is 436 g/mol. The Morgan fingerprint density at radius 3 is 2.68 bits per heavy atom. The molecule has 1 unspecified atom stereocenters. The molecule has 9 heteroatoms. The number of nitrogens with one attached hydrogen (secondary N) is 1. The summed E-state index contributed by atoms with van der Waals surface area (Å²) in [6.45, 7) is 2.82. The molecule has 0 saturated carbocycles. The second kappa shape index (κ2) is 8.52. The Hall–Kier alpha value is -3.17. The number of nitrogens with zero attached hydrogens (tertiary/aromatic N) is 5. The van der Waals surface area contributed by atoms with Crippen molar-refractivity contribution in [2.24, 2.45) is 0 Å². The Labute approximate surface area is 184 Å². The molecular formula is C22H24N6O2S. The fraction of sp³-hybridized carbons (Fsp3) is 0.318.